The van der Waals surface area contributed by atoms with Crippen LogP contribution in [0.5, 0.6) is 5.75 Å². The molecule has 0 aliphatic carbocycles. The van der Waals surface area contributed by atoms with Crippen LogP contribution in [0, 0.1) is 0 Å². The molecule has 0 spiro atoms. The van der Waals surface area contributed by atoms with Gasteiger partial charge in [-0.25, -0.2) is 9.59 Å². The summed E-state index contributed by atoms with van der Waals surface area (Å²) in [6.07, 6.45) is 1.57. The highest BCUT2D eigenvalue weighted by Gasteiger charge is 2.12. The number of carboxylic acids is 1. The van der Waals surface area contributed by atoms with Gasteiger partial charge in [0.05, 0.1) is 0 Å². The summed E-state index contributed by atoms with van der Waals surface area (Å²) in [5.41, 5.74) is 0.0327. The Morgan fingerprint density at radius 3 is 2.72 bits per heavy atom. The fourth-order valence-corrected chi connectivity index (χ4v) is 1.28. The van der Waals surface area contributed by atoms with Gasteiger partial charge in [-0.15, -0.1) is 6.58 Å². The van der Waals surface area contributed by atoms with E-state index in [2.05, 4.69) is 11.9 Å². The first kappa shape index (κ1) is 13.6. The largest absolute Gasteiger partial charge is 0.507 e. The molecule has 6 nitrogen and oxygen atoms in total. The highest BCUT2D eigenvalue weighted by molar-refractivity contribution is 5.95. The highest BCUT2D eigenvalue weighted by atomic mass is 16.4. The van der Waals surface area contributed by atoms with E-state index < -0.39 is 12.0 Å². The van der Waals surface area contributed by atoms with Crippen molar-refractivity contribution in [1.82, 2.24) is 4.90 Å². The summed E-state index contributed by atoms with van der Waals surface area (Å²) in [7, 11) is 1.58. The summed E-state index contributed by atoms with van der Waals surface area (Å²) in [5.74, 6) is -1.61. The Labute approximate surface area is 104 Å². The van der Waals surface area contributed by atoms with Crippen LogP contribution in [0.2, 0.25) is 0 Å². The zero-order valence-corrected chi connectivity index (χ0v) is 9.88. The minimum absolute atomic E-state index is 0.265. The molecular formula is C12H14N2O4. The SMILES string of the molecule is C=CCN(C)C(=O)Nc1ccc(O)c(C(=O)O)c1. The highest BCUT2D eigenvalue weighted by Crippen LogP contribution is 2.21. The van der Waals surface area contributed by atoms with Gasteiger partial charge < -0.3 is 20.4 Å². The molecule has 0 aromatic heterocycles. The normalized spacial score (nSPS) is 9.61. The van der Waals surface area contributed by atoms with Gasteiger partial charge in [0.15, 0.2) is 0 Å². The standard InChI is InChI=1S/C12H14N2O4/c1-3-6-14(2)12(18)13-8-4-5-10(15)9(7-8)11(16)17/h3-5,7,15H,1,6H2,2H3,(H,13,18)(H,16,17). The molecule has 0 saturated heterocycles. The summed E-state index contributed by atoms with van der Waals surface area (Å²) in [4.78, 5) is 23.8. The van der Waals surface area contributed by atoms with Crippen LogP contribution < -0.4 is 5.32 Å². The van der Waals surface area contributed by atoms with Gasteiger partial charge in [-0.3, -0.25) is 0 Å². The van der Waals surface area contributed by atoms with Crippen LogP contribution in [0.25, 0.3) is 0 Å². The van der Waals surface area contributed by atoms with E-state index in [0.717, 1.165) is 0 Å². The molecule has 0 fully saturated rings. The summed E-state index contributed by atoms with van der Waals surface area (Å²) in [6.45, 7) is 3.88. The van der Waals surface area contributed by atoms with E-state index in [1.165, 1.54) is 23.1 Å². The predicted octanol–water partition coefficient (Wildman–Crippen LogP) is 1.74. The van der Waals surface area contributed by atoms with Crippen LogP contribution in [0.3, 0.4) is 0 Å². The number of nitrogens with one attached hydrogen (secondary N) is 1. The molecule has 6 heteroatoms. The molecule has 96 valence electrons. The van der Waals surface area contributed by atoms with Crippen LogP contribution in [-0.4, -0.2) is 40.7 Å². The van der Waals surface area contributed by atoms with E-state index in [9.17, 15) is 14.7 Å². The van der Waals surface area contributed by atoms with Crippen LogP contribution >= 0.6 is 0 Å². The van der Waals surface area contributed by atoms with Gasteiger partial charge >= 0.3 is 12.0 Å². The van der Waals surface area contributed by atoms with Crippen LogP contribution in [0.4, 0.5) is 10.5 Å². The number of benzene rings is 1. The van der Waals surface area contributed by atoms with Gasteiger partial charge in [0.1, 0.15) is 11.3 Å². The minimum Gasteiger partial charge on any atom is -0.507 e. The Kier molecular flexibility index (Phi) is 4.31. The lowest BCUT2D eigenvalue weighted by molar-refractivity contribution is 0.0693. The quantitative estimate of drug-likeness (QED) is 0.561. The third kappa shape index (κ3) is 3.24. The number of carbonyl (C=O) groups is 2. The minimum atomic E-state index is -1.26. The topological polar surface area (TPSA) is 89.9 Å². The second-order valence-corrected chi connectivity index (χ2v) is 3.64. The maximum Gasteiger partial charge on any atom is 0.339 e. The lowest BCUT2D eigenvalue weighted by atomic mass is 10.2. The Hall–Kier alpha value is -2.50. The second-order valence-electron chi connectivity index (χ2n) is 3.64. The monoisotopic (exact) mass is 250 g/mol. The maximum absolute atomic E-state index is 11.6. The van der Waals surface area contributed by atoms with Crippen molar-refractivity contribution in [3.8, 4) is 5.75 Å². The van der Waals surface area contributed by atoms with E-state index in [1.54, 1.807) is 13.1 Å². The average Bonchev–Trinajstić information content (AvgIpc) is 2.31. The summed E-state index contributed by atoms with van der Waals surface area (Å²) in [6, 6.07) is 3.43. The summed E-state index contributed by atoms with van der Waals surface area (Å²) in [5, 5.41) is 20.7. The van der Waals surface area contributed by atoms with Gasteiger partial charge in [-0.05, 0) is 18.2 Å². The van der Waals surface area contributed by atoms with E-state index in [-0.39, 0.29) is 11.3 Å². The van der Waals surface area contributed by atoms with Gasteiger partial charge in [0.25, 0.3) is 0 Å². The maximum atomic E-state index is 11.6. The number of urea groups is 1. The van der Waals surface area contributed by atoms with Crippen molar-refractivity contribution in [3.63, 3.8) is 0 Å². The smallest absolute Gasteiger partial charge is 0.339 e. The number of aromatic carboxylic acids is 1. The number of anilines is 1. The van der Waals surface area contributed by atoms with Crippen molar-refractivity contribution in [1.29, 1.82) is 0 Å². The zero-order valence-electron chi connectivity index (χ0n) is 9.88. The molecule has 0 aliphatic rings. The number of hydrogen-bond donors (Lipinski definition) is 3. The molecule has 18 heavy (non-hydrogen) atoms. The number of aromatic hydroxyl groups is 1. The molecule has 0 unspecified atom stereocenters. The third-order valence-corrected chi connectivity index (χ3v) is 2.23. The van der Waals surface area contributed by atoms with Crippen LogP contribution in [-0.2, 0) is 0 Å². The second kappa shape index (κ2) is 5.72. The number of phenols is 1. The molecule has 0 saturated carbocycles. The lowest BCUT2D eigenvalue weighted by Crippen LogP contribution is -2.31. The molecule has 0 bridgehead atoms. The van der Waals surface area contributed by atoms with E-state index in [1.807, 2.05) is 0 Å². The van der Waals surface area contributed by atoms with Gasteiger partial charge in [-0.1, -0.05) is 6.08 Å². The molecular weight excluding hydrogens is 236 g/mol. The van der Waals surface area contributed by atoms with Crippen molar-refractivity contribution in [2.24, 2.45) is 0 Å². The number of nitrogens with zero attached hydrogens (tertiary/aromatic N) is 1. The van der Waals surface area contributed by atoms with Crippen LogP contribution in [0.1, 0.15) is 10.4 Å². The zero-order chi connectivity index (χ0) is 13.7. The molecule has 1 rings (SSSR count). The number of amides is 2. The van der Waals surface area contributed by atoms with Crippen LogP contribution in [0.15, 0.2) is 30.9 Å². The van der Waals surface area contributed by atoms with Gasteiger partial charge in [0.2, 0.25) is 0 Å². The number of carboxylic acid groups (broad SMARTS) is 1. The fourth-order valence-electron chi connectivity index (χ4n) is 1.28. The third-order valence-electron chi connectivity index (χ3n) is 2.23. The molecule has 0 atom stereocenters. The lowest BCUT2D eigenvalue weighted by Gasteiger charge is -2.16. The Morgan fingerprint density at radius 2 is 2.17 bits per heavy atom. The van der Waals surface area contributed by atoms with Crippen molar-refractivity contribution in [2.45, 2.75) is 0 Å². The number of likely N-dealkylation sites (N-methyl/N-ethyl adjacent to an activating group) is 1. The van der Waals surface area contributed by atoms with E-state index >= 15 is 0 Å². The first-order valence-corrected chi connectivity index (χ1v) is 5.15. The van der Waals surface area contributed by atoms with Crippen molar-refractivity contribution in [2.75, 3.05) is 18.9 Å². The van der Waals surface area contributed by atoms with Crippen molar-refractivity contribution in [3.05, 3.63) is 36.4 Å². The van der Waals surface area contributed by atoms with Gasteiger partial charge in [-0.2, -0.15) is 0 Å². The molecule has 0 radical (unpaired) electrons. The average molecular weight is 250 g/mol. The number of hydrogen-bond acceptors (Lipinski definition) is 3. The van der Waals surface area contributed by atoms with Gasteiger partial charge in [0, 0.05) is 19.3 Å². The molecule has 1 aromatic rings. The molecule has 0 heterocycles. The van der Waals surface area contributed by atoms with Crippen molar-refractivity contribution >= 4 is 17.7 Å². The fraction of sp³-hybridized carbons (Fsp3) is 0.167. The summed E-state index contributed by atoms with van der Waals surface area (Å²) < 4.78 is 0. The van der Waals surface area contributed by atoms with E-state index in [4.69, 9.17) is 5.11 Å². The predicted molar refractivity (Wildman–Crippen MR) is 66.9 cm³/mol. The van der Waals surface area contributed by atoms with E-state index in [0.29, 0.717) is 12.2 Å². The Balaban J connectivity index is 2.85. The Bertz CT molecular complexity index is 485. The number of rotatable bonds is 4. The van der Waals surface area contributed by atoms with Crippen molar-refractivity contribution < 1.29 is 19.8 Å². The molecule has 2 amide bonds. The molecule has 3 N–H and O–H groups in total. The molecule has 0 aliphatic heterocycles. The first-order chi connectivity index (χ1) is 8.45. The summed E-state index contributed by atoms with van der Waals surface area (Å²) >= 11 is 0. The Morgan fingerprint density at radius 1 is 1.50 bits per heavy atom. The molecule has 1 aromatic carbocycles. The first-order valence-electron chi connectivity index (χ1n) is 5.15. The number of carbonyl (C=O) groups excluding carboxylic acids is 1.